The lowest BCUT2D eigenvalue weighted by molar-refractivity contribution is 0.120. The van der Waals surface area contributed by atoms with Crippen LogP contribution in [0.2, 0.25) is 0 Å². The van der Waals surface area contributed by atoms with Gasteiger partial charge in [-0.25, -0.2) is 0 Å². The number of benzene rings is 1. The van der Waals surface area contributed by atoms with Crippen LogP contribution in [0.15, 0.2) is 12.1 Å². The first-order valence-electron chi connectivity index (χ1n) is 11.9. The predicted molar refractivity (Wildman–Crippen MR) is 113 cm³/mol. The minimum atomic E-state index is -0.956. The second kappa shape index (κ2) is 11.2. The van der Waals surface area contributed by atoms with E-state index in [4.69, 9.17) is 9.47 Å². The Labute approximate surface area is 175 Å². The van der Waals surface area contributed by atoms with Gasteiger partial charge in [-0.05, 0) is 81.3 Å². The molecule has 0 spiro atoms. The molecule has 1 aromatic rings. The number of hydrogen-bond acceptors (Lipinski definition) is 2. The molecule has 4 heteroatoms. The van der Waals surface area contributed by atoms with Crippen molar-refractivity contribution in [2.45, 2.75) is 84.5 Å². The number of halogens is 2. The third-order valence-electron chi connectivity index (χ3n) is 7.20. The average molecular weight is 409 g/mol. The van der Waals surface area contributed by atoms with Crippen LogP contribution in [-0.2, 0) is 0 Å². The van der Waals surface area contributed by atoms with Gasteiger partial charge in [-0.3, -0.25) is 0 Å². The van der Waals surface area contributed by atoms with Crippen molar-refractivity contribution >= 4 is 0 Å². The summed E-state index contributed by atoms with van der Waals surface area (Å²) in [5.41, 5.74) is 0. The third-order valence-corrected chi connectivity index (χ3v) is 7.20. The fourth-order valence-electron chi connectivity index (χ4n) is 5.37. The highest BCUT2D eigenvalue weighted by atomic mass is 19.2. The molecule has 0 bridgehead atoms. The molecule has 0 heterocycles. The van der Waals surface area contributed by atoms with Crippen LogP contribution in [0, 0.1) is 35.3 Å². The summed E-state index contributed by atoms with van der Waals surface area (Å²) in [6, 6.07) is 2.93. The lowest BCUT2D eigenvalue weighted by Gasteiger charge is -2.38. The molecule has 0 saturated heterocycles. The number of unbranched alkanes of at least 4 members (excludes halogenated alkanes) is 1. The van der Waals surface area contributed by atoms with Crippen LogP contribution in [0.1, 0.15) is 84.5 Å². The van der Waals surface area contributed by atoms with Crippen molar-refractivity contribution in [3.8, 4) is 11.5 Å². The van der Waals surface area contributed by atoms with Crippen LogP contribution in [-0.4, -0.2) is 13.2 Å². The van der Waals surface area contributed by atoms with E-state index in [0.717, 1.165) is 30.6 Å². The van der Waals surface area contributed by atoms with E-state index in [0.29, 0.717) is 19.1 Å². The van der Waals surface area contributed by atoms with Crippen molar-refractivity contribution < 1.29 is 18.3 Å². The van der Waals surface area contributed by atoms with Crippen molar-refractivity contribution in [1.29, 1.82) is 0 Å². The molecule has 0 atom stereocenters. The molecule has 2 aliphatic carbocycles. The summed E-state index contributed by atoms with van der Waals surface area (Å²) in [6.07, 6.45) is 14.6. The predicted octanol–water partition coefficient (Wildman–Crippen LogP) is 7.55. The molecule has 0 amide bonds. The van der Waals surface area contributed by atoms with Crippen LogP contribution >= 0.6 is 0 Å². The number of hydrogen-bond donors (Lipinski definition) is 0. The topological polar surface area (TPSA) is 18.5 Å². The maximum atomic E-state index is 14.2. The summed E-state index contributed by atoms with van der Waals surface area (Å²) < 4.78 is 38.9. The zero-order chi connectivity index (χ0) is 20.6. The smallest absolute Gasteiger partial charge is 0.204 e. The standard InChI is InChI=1S/C25H38F2O2/c1-3-5-6-18-7-11-20(12-8-18)21-13-9-19(10-14-21)17-29-23-16-15-22(28-4-2)24(26)25(23)27/h15-16,18-21H,3-14,17H2,1-2H3/t18-,19-,20-,21-. The van der Waals surface area contributed by atoms with Crippen molar-refractivity contribution in [2.75, 3.05) is 13.2 Å². The highest BCUT2D eigenvalue weighted by molar-refractivity contribution is 5.35. The maximum absolute atomic E-state index is 14.2. The minimum absolute atomic E-state index is 0.00141. The second-order valence-electron chi connectivity index (χ2n) is 9.14. The van der Waals surface area contributed by atoms with Gasteiger partial charge in [-0.15, -0.1) is 0 Å². The average Bonchev–Trinajstić information content (AvgIpc) is 2.76. The Morgan fingerprint density at radius 2 is 1.28 bits per heavy atom. The van der Waals surface area contributed by atoms with Gasteiger partial charge in [-0.1, -0.05) is 39.0 Å². The van der Waals surface area contributed by atoms with E-state index in [1.807, 2.05) is 0 Å². The number of ether oxygens (including phenoxy) is 2. The highest BCUT2D eigenvalue weighted by Crippen LogP contribution is 2.42. The first-order valence-corrected chi connectivity index (χ1v) is 11.9. The van der Waals surface area contributed by atoms with E-state index < -0.39 is 11.6 Å². The fraction of sp³-hybridized carbons (Fsp3) is 0.760. The van der Waals surface area contributed by atoms with Crippen molar-refractivity contribution in [3.63, 3.8) is 0 Å². The van der Waals surface area contributed by atoms with Gasteiger partial charge in [0.05, 0.1) is 13.2 Å². The van der Waals surface area contributed by atoms with Crippen LogP contribution < -0.4 is 9.47 Å². The Kier molecular flexibility index (Phi) is 8.62. The molecule has 2 fully saturated rings. The molecule has 29 heavy (non-hydrogen) atoms. The van der Waals surface area contributed by atoms with Gasteiger partial charge in [0.1, 0.15) is 0 Å². The van der Waals surface area contributed by atoms with Crippen LogP contribution in [0.4, 0.5) is 8.78 Å². The fourth-order valence-corrected chi connectivity index (χ4v) is 5.37. The van der Waals surface area contributed by atoms with Crippen LogP contribution in [0.25, 0.3) is 0 Å². The van der Waals surface area contributed by atoms with Gasteiger partial charge in [0.2, 0.25) is 11.6 Å². The summed E-state index contributed by atoms with van der Waals surface area (Å²) in [4.78, 5) is 0. The Morgan fingerprint density at radius 3 is 1.79 bits per heavy atom. The van der Waals surface area contributed by atoms with Gasteiger partial charge < -0.3 is 9.47 Å². The van der Waals surface area contributed by atoms with E-state index in [9.17, 15) is 8.78 Å². The zero-order valence-corrected chi connectivity index (χ0v) is 18.2. The largest absolute Gasteiger partial charge is 0.491 e. The van der Waals surface area contributed by atoms with E-state index in [1.54, 1.807) is 6.92 Å². The van der Waals surface area contributed by atoms with Gasteiger partial charge in [-0.2, -0.15) is 8.78 Å². The molecule has 0 aromatic heterocycles. The van der Waals surface area contributed by atoms with Crippen molar-refractivity contribution in [3.05, 3.63) is 23.8 Å². The van der Waals surface area contributed by atoms with Gasteiger partial charge in [0.25, 0.3) is 0 Å². The first-order chi connectivity index (χ1) is 14.1. The summed E-state index contributed by atoms with van der Waals surface area (Å²) in [6.45, 7) is 4.81. The Hall–Kier alpha value is -1.32. The molecule has 2 aliphatic rings. The molecule has 1 aromatic carbocycles. The number of rotatable bonds is 9. The zero-order valence-electron chi connectivity index (χ0n) is 18.2. The maximum Gasteiger partial charge on any atom is 0.204 e. The van der Waals surface area contributed by atoms with Crippen LogP contribution in [0.5, 0.6) is 11.5 Å². The Balaban J connectivity index is 1.40. The highest BCUT2D eigenvalue weighted by Gasteiger charge is 2.31. The summed E-state index contributed by atoms with van der Waals surface area (Å²) in [5.74, 6) is 1.24. The summed E-state index contributed by atoms with van der Waals surface area (Å²) in [7, 11) is 0. The normalized spacial score (nSPS) is 27.6. The molecular weight excluding hydrogens is 370 g/mol. The molecule has 0 radical (unpaired) electrons. The van der Waals surface area contributed by atoms with Crippen molar-refractivity contribution in [1.82, 2.24) is 0 Å². The van der Waals surface area contributed by atoms with E-state index in [1.165, 1.54) is 69.9 Å². The Bertz CT molecular complexity index is 617. The van der Waals surface area contributed by atoms with Gasteiger partial charge >= 0.3 is 0 Å². The summed E-state index contributed by atoms with van der Waals surface area (Å²) >= 11 is 0. The molecular formula is C25H38F2O2. The molecule has 0 unspecified atom stereocenters. The lowest BCUT2D eigenvalue weighted by atomic mass is 9.69. The summed E-state index contributed by atoms with van der Waals surface area (Å²) in [5, 5.41) is 0. The third kappa shape index (κ3) is 6.08. The van der Waals surface area contributed by atoms with Crippen LogP contribution in [0.3, 0.4) is 0 Å². The molecule has 2 nitrogen and oxygen atoms in total. The quantitative estimate of drug-likeness (QED) is 0.420. The van der Waals surface area contributed by atoms with Crippen molar-refractivity contribution in [2.24, 2.45) is 23.7 Å². The minimum Gasteiger partial charge on any atom is -0.491 e. The molecule has 2 saturated carbocycles. The molecule has 3 rings (SSSR count). The van der Waals surface area contributed by atoms with E-state index >= 15 is 0 Å². The van der Waals surface area contributed by atoms with Gasteiger partial charge in [0.15, 0.2) is 11.5 Å². The molecule has 0 N–H and O–H groups in total. The lowest BCUT2D eigenvalue weighted by Crippen LogP contribution is -2.27. The SMILES string of the molecule is CCCC[C@H]1CC[C@H]([C@H]2CC[C@H](COc3ccc(OCC)c(F)c3F)CC2)CC1. The van der Waals surface area contributed by atoms with Gasteiger partial charge in [0, 0.05) is 0 Å². The second-order valence-corrected chi connectivity index (χ2v) is 9.14. The first kappa shape index (κ1) is 22.4. The monoisotopic (exact) mass is 408 g/mol. The van der Waals surface area contributed by atoms with E-state index in [-0.39, 0.29) is 11.5 Å². The molecule has 0 aliphatic heterocycles. The Morgan fingerprint density at radius 1 is 0.759 bits per heavy atom. The van der Waals surface area contributed by atoms with E-state index in [2.05, 4.69) is 6.92 Å². The molecule has 164 valence electrons.